The Balaban J connectivity index is 2.79. The van der Waals surface area contributed by atoms with Gasteiger partial charge in [0.2, 0.25) is 5.91 Å². The molecule has 0 fully saturated rings. The standard InChI is InChI=1S/C20H32N2O3/c1-6-20(7-2,11-12-23)14-21-17(24)15-9-8-10-16(13-15)22-18(25)19(3,4)5/h8-10,13,23H,6-7,11-12,14H2,1-5H3,(H,21,24)(H,22,25). The van der Waals surface area contributed by atoms with E-state index in [0.717, 1.165) is 12.8 Å². The molecule has 0 unspecified atom stereocenters. The molecule has 0 saturated heterocycles. The van der Waals surface area contributed by atoms with Crippen molar-refractivity contribution in [2.75, 3.05) is 18.5 Å². The number of rotatable bonds is 8. The van der Waals surface area contributed by atoms with Crippen LogP contribution in [0.3, 0.4) is 0 Å². The van der Waals surface area contributed by atoms with Crippen molar-refractivity contribution in [3.05, 3.63) is 29.8 Å². The molecule has 0 spiro atoms. The van der Waals surface area contributed by atoms with E-state index < -0.39 is 5.41 Å². The lowest BCUT2D eigenvalue weighted by Crippen LogP contribution is -2.37. The van der Waals surface area contributed by atoms with Crippen LogP contribution in [-0.4, -0.2) is 30.1 Å². The minimum absolute atomic E-state index is 0.0809. The van der Waals surface area contributed by atoms with Gasteiger partial charge in [-0.25, -0.2) is 0 Å². The number of aliphatic hydroxyl groups excluding tert-OH is 1. The van der Waals surface area contributed by atoms with Crippen LogP contribution in [0.5, 0.6) is 0 Å². The van der Waals surface area contributed by atoms with Gasteiger partial charge in [0.1, 0.15) is 0 Å². The van der Waals surface area contributed by atoms with Gasteiger partial charge in [0, 0.05) is 29.8 Å². The van der Waals surface area contributed by atoms with Crippen molar-refractivity contribution in [2.24, 2.45) is 10.8 Å². The Hall–Kier alpha value is -1.88. The first-order valence-electron chi connectivity index (χ1n) is 8.98. The van der Waals surface area contributed by atoms with Crippen LogP contribution in [0.25, 0.3) is 0 Å². The van der Waals surface area contributed by atoms with Crippen molar-refractivity contribution in [2.45, 2.75) is 53.9 Å². The van der Waals surface area contributed by atoms with E-state index in [1.165, 1.54) is 0 Å². The lowest BCUT2D eigenvalue weighted by Gasteiger charge is -2.31. The molecule has 25 heavy (non-hydrogen) atoms. The van der Waals surface area contributed by atoms with E-state index in [4.69, 9.17) is 0 Å². The van der Waals surface area contributed by atoms with Crippen LogP contribution in [-0.2, 0) is 4.79 Å². The fourth-order valence-electron chi connectivity index (χ4n) is 2.61. The predicted molar refractivity (Wildman–Crippen MR) is 102 cm³/mol. The van der Waals surface area contributed by atoms with Crippen LogP contribution >= 0.6 is 0 Å². The summed E-state index contributed by atoms with van der Waals surface area (Å²) in [6, 6.07) is 6.95. The van der Waals surface area contributed by atoms with Crippen molar-refractivity contribution in [1.82, 2.24) is 5.32 Å². The van der Waals surface area contributed by atoms with E-state index in [1.54, 1.807) is 24.3 Å². The highest BCUT2D eigenvalue weighted by molar-refractivity contribution is 5.98. The Kier molecular flexibility index (Phi) is 7.61. The Labute approximate surface area is 151 Å². The molecule has 140 valence electrons. The minimum Gasteiger partial charge on any atom is -0.396 e. The lowest BCUT2D eigenvalue weighted by molar-refractivity contribution is -0.123. The van der Waals surface area contributed by atoms with Gasteiger partial charge in [-0.05, 0) is 42.9 Å². The fourth-order valence-corrected chi connectivity index (χ4v) is 2.61. The molecule has 0 aliphatic heterocycles. The molecule has 0 aromatic heterocycles. The van der Waals surface area contributed by atoms with E-state index >= 15 is 0 Å². The van der Waals surface area contributed by atoms with Crippen molar-refractivity contribution < 1.29 is 14.7 Å². The summed E-state index contributed by atoms with van der Waals surface area (Å²) in [7, 11) is 0. The number of anilines is 1. The third kappa shape index (κ3) is 6.16. The van der Waals surface area contributed by atoms with Crippen molar-refractivity contribution in [3.8, 4) is 0 Å². The molecule has 0 aliphatic carbocycles. The number of hydrogen-bond acceptors (Lipinski definition) is 3. The summed E-state index contributed by atoms with van der Waals surface area (Å²) in [5.74, 6) is -0.264. The minimum atomic E-state index is -0.496. The van der Waals surface area contributed by atoms with Crippen LogP contribution in [0.1, 0.15) is 64.2 Å². The number of benzene rings is 1. The monoisotopic (exact) mass is 348 g/mol. The van der Waals surface area contributed by atoms with Crippen LogP contribution in [0.4, 0.5) is 5.69 Å². The number of aliphatic hydroxyl groups is 1. The lowest BCUT2D eigenvalue weighted by atomic mass is 9.79. The van der Waals surface area contributed by atoms with E-state index in [2.05, 4.69) is 24.5 Å². The molecular weight excluding hydrogens is 316 g/mol. The van der Waals surface area contributed by atoms with Gasteiger partial charge in [0.05, 0.1) is 0 Å². The zero-order valence-electron chi connectivity index (χ0n) is 16.1. The van der Waals surface area contributed by atoms with Crippen molar-refractivity contribution >= 4 is 17.5 Å². The Morgan fingerprint density at radius 1 is 1.12 bits per heavy atom. The van der Waals surface area contributed by atoms with Gasteiger partial charge < -0.3 is 15.7 Å². The Bertz CT molecular complexity index is 587. The molecule has 5 heteroatoms. The maximum Gasteiger partial charge on any atom is 0.251 e. The first-order valence-corrected chi connectivity index (χ1v) is 8.98. The molecule has 0 atom stereocenters. The molecular formula is C20H32N2O3. The van der Waals surface area contributed by atoms with Gasteiger partial charge in [0.25, 0.3) is 5.91 Å². The summed E-state index contributed by atoms with van der Waals surface area (Å²) in [6.07, 6.45) is 2.46. The molecule has 0 saturated carbocycles. The second-order valence-electron chi connectivity index (χ2n) is 7.65. The second-order valence-corrected chi connectivity index (χ2v) is 7.65. The summed E-state index contributed by atoms with van der Waals surface area (Å²) < 4.78 is 0. The third-order valence-corrected chi connectivity index (χ3v) is 4.83. The summed E-state index contributed by atoms with van der Waals surface area (Å²) in [4.78, 5) is 24.6. The van der Waals surface area contributed by atoms with Gasteiger partial charge in [-0.15, -0.1) is 0 Å². The highest BCUT2D eigenvalue weighted by Crippen LogP contribution is 2.29. The van der Waals surface area contributed by atoms with E-state index in [9.17, 15) is 14.7 Å². The maximum atomic E-state index is 12.5. The highest BCUT2D eigenvalue weighted by atomic mass is 16.3. The number of carbonyl (C=O) groups is 2. The molecule has 1 aromatic rings. The van der Waals surface area contributed by atoms with Crippen LogP contribution in [0.15, 0.2) is 24.3 Å². The molecule has 0 radical (unpaired) electrons. The molecule has 5 nitrogen and oxygen atoms in total. The number of hydrogen-bond donors (Lipinski definition) is 3. The molecule has 1 aromatic carbocycles. The molecule has 3 N–H and O–H groups in total. The van der Waals surface area contributed by atoms with Gasteiger partial charge in [0.15, 0.2) is 0 Å². The quantitative estimate of drug-likeness (QED) is 0.672. The molecule has 0 bridgehead atoms. The number of nitrogens with one attached hydrogen (secondary N) is 2. The van der Waals surface area contributed by atoms with Crippen LogP contribution < -0.4 is 10.6 Å². The Morgan fingerprint density at radius 3 is 2.28 bits per heavy atom. The summed E-state index contributed by atoms with van der Waals surface area (Å²) in [6.45, 7) is 10.3. The molecule has 1 rings (SSSR count). The highest BCUT2D eigenvalue weighted by Gasteiger charge is 2.26. The average molecular weight is 348 g/mol. The normalized spacial score (nSPS) is 11.9. The van der Waals surface area contributed by atoms with Gasteiger partial charge in [-0.1, -0.05) is 40.7 Å². The first kappa shape index (κ1) is 21.2. The average Bonchev–Trinajstić information content (AvgIpc) is 2.58. The van der Waals surface area contributed by atoms with Crippen molar-refractivity contribution in [1.29, 1.82) is 0 Å². The zero-order chi connectivity index (χ0) is 19.1. The molecule has 0 aliphatic rings. The zero-order valence-corrected chi connectivity index (χ0v) is 16.1. The fraction of sp³-hybridized carbons (Fsp3) is 0.600. The second kappa shape index (κ2) is 8.99. The number of amides is 2. The first-order chi connectivity index (χ1) is 11.7. The molecule has 0 heterocycles. The SMILES string of the molecule is CCC(CC)(CCO)CNC(=O)c1cccc(NC(=O)C(C)(C)C)c1. The smallest absolute Gasteiger partial charge is 0.251 e. The Morgan fingerprint density at radius 2 is 1.76 bits per heavy atom. The summed E-state index contributed by atoms with van der Waals surface area (Å²) in [5, 5.41) is 15.1. The summed E-state index contributed by atoms with van der Waals surface area (Å²) in [5.41, 5.74) is 0.546. The van der Waals surface area contributed by atoms with Crippen LogP contribution in [0.2, 0.25) is 0 Å². The predicted octanol–water partition coefficient (Wildman–Crippen LogP) is 3.59. The van der Waals surface area contributed by atoms with E-state index in [-0.39, 0.29) is 23.8 Å². The largest absolute Gasteiger partial charge is 0.396 e. The molecule has 2 amide bonds. The number of carbonyl (C=O) groups excluding carboxylic acids is 2. The van der Waals surface area contributed by atoms with Crippen molar-refractivity contribution in [3.63, 3.8) is 0 Å². The van der Waals surface area contributed by atoms with Crippen LogP contribution in [0, 0.1) is 10.8 Å². The maximum absolute atomic E-state index is 12.5. The van der Waals surface area contributed by atoms with E-state index in [1.807, 2.05) is 20.8 Å². The summed E-state index contributed by atoms with van der Waals surface area (Å²) >= 11 is 0. The topological polar surface area (TPSA) is 78.4 Å². The van der Waals surface area contributed by atoms with Gasteiger partial charge >= 0.3 is 0 Å². The third-order valence-electron chi connectivity index (χ3n) is 4.83. The van der Waals surface area contributed by atoms with Gasteiger partial charge in [-0.2, -0.15) is 0 Å². The van der Waals surface area contributed by atoms with Gasteiger partial charge in [-0.3, -0.25) is 9.59 Å². The van der Waals surface area contributed by atoms with E-state index in [0.29, 0.717) is 24.2 Å².